The van der Waals surface area contributed by atoms with E-state index in [1.807, 2.05) is 27.7 Å². The molecule has 0 aromatic rings. The highest BCUT2D eigenvalue weighted by atomic mass is 16.3. The minimum absolute atomic E-state index is 0.0273. The van der Waals surface area contributed by atoms with Gasteiger partial charge in [-0.15, -0.1) is 0 Å². The van der Waals surface area contributed by atoms with Crippen LogP contribution in [0, 0.1) is 92.7 Å². The molecule has 490 valence electrons. The molecule has 1 unspecified atom stereocenters. The smallest absolute Gasteiger partial charge is 0.170 e. The maximum absolute atomic E-state index is 11.8. The zero-order valence-electron chi connectivity index (χ0n) is 59.0. The van der Waals surface area contributed by atoms with Crippen molar-refractivity contribution in [2.75, 3.05) is 0 Å². The lowest BCUT2D eigenvalue weighted by atomic mass is 9.53. The standard InChI is InChI=1S/C13H20O3.C12H20.C11H18.C10H16.C9H12.C8H10O.C8H14.C7H10O.C5H8/c1-8(2)5-9(14)12-10(15)6-13(3,4)7-11(12)16;1-8(2)11-9-5-6-10(7-9)12(11,3)4;1-8-5-4-6-9-7-10(8)11(9,2)3;1-7-8-4-5-9(6-8)10(7,2)3;1-2-8-5-7-3-4-9(8)6-7;1-5-6-2-3-7(4-6)8(5)9;1-7-5-3-4-6-8(7)2;1-6-4-2-3-5-7(6)8;1-5-3-2-4-5/h8,14H,5-7H2,1-4H3;9-10H,5-7H2,1-4H3;9-10H,1,4-7H2,2-3H3;8-9H,1,4-6H2,2-3H3;2-4,7,9H,5-6H2,1H3;6-7H,1-4H2;8H,1,3-6H2,2H3;1-5H2;1-4H2/b;;;;8-2-;;;;/t;9-,10+;9-,10-;8-,9+;7-,9-;6-,7+;;;/m.00000.../s1. The Kier molecular flexibility index (Phi) is 26.1. The number of carbonyl (C=O) groups is 4. The Balaban J connectivity index is 0.000000160. The zero-order valence-corrected chi connectivity index (χ0v) is 59.0. The molecular formula is C83H128O5. The van der Waals surface area contributed by atoms with E-state index < -0.39 is 0 Å². The van der Waals surface area contributed by atoms with E-state index in [-0.39, 0.29) is 40.0 Å². The Morgan fingerprint density at radius 1 is 0.591 bits per heavy atom. The number of aliphatic hydroxyl groups excluding tert-OH is 1. The number of hydrogen-bond donors (Lipinski definition) is 1. The molecule has 0 aliphatic heterocycles. The normalized spacial score (nSPS) is 33.4. The molecule has 5 heteroatoms. The van der Waals surface area contributed by atoms with Crippen molar-refractivity contribution in [3.05, 3.63) is 119 Å². The van der Waals surface area contributed by atoms with Crippen LogP contribution in [-0.2, 0) is 19.2 Å². The number of allylic oxidation sites excluding steroid dienone is 14. The summed E-state index contributed by atoms with van der Waals surface area (Å²) in [6.45, 7) is 54.7. The van der Waals surface area contributed by atoms with E-state index in [0.717, 1.165) is 103 Å². The average molecular weight is 1210 g/mol. The van der Waals surface area contributed by atoms with Crippen LogP contribution in [0.5, 0.6) is 0 Å². The SMILES string of the molecule is C/C=C1/C[C@@H]2C=C[C@H]1C2.C=C1C(=O)[C@@H]2CC[C@H]1C2.C=C1CCC1.C=C1CCCCC1=O.C=C1CCCCC1C.C=C1CCC[C@H]2C[C@@H]1C2(C)C.C=C1[C@H]2CC[C@H](C2)C1(C)C.CC(C)=C1[C@H]2CC[C@H](C2)C1(C)C.CC(C)CC(O)=C1C(=O)CC(C)(C)CC1=O. The number of Topliss-reactive ketones (excluding diaryl/α,β-unsaturated/α-hetero) is 4. The van der Waals surface area contributed by atoms with E-state index in [0.29, 0.717) is 53.1 Å². The monoisotopic (exact) mass is 1200 g/mol. The summed E-state index contributed by atoms with van der Waals surface area (Å²) in [5, 5.41) is 9.79. The summed E-state index contributed by atoms with van der Waals surface area (Å²) in [7, 11) is 0. The van der Waals surface area contributed by atoms with Crippen LogP contribution in [0.1, 0.15) is 283 Å². The van der Waals surface area contributed by atoms with Crippen LogP contribution in [0.4, 0.5) is 0 Å². The van der Waals surface area contributed by atoms with Gasteiger partial charge in [0.1, 0.15) is 5.76 Å². The summed E-state index contributed by atoms with van der Waals surface area (Å²) < 4.78 is 0. The first-order valence-electron chi connectivity index (χ1n) is 35.8. The summed E-state index contributed by atoms with van der Waals surface area (Å²) in [4.78, 5) is 45.4. The molecule has 0 spiro atoms. The van der Waals surface area contributed by atoms with Gasteiger partial charge in [-0.3, -0.25) is 19.2 Å². The number of ketones is 4. The van der Waals surface area contributed by atoms with Gasteiger partial charge in [0.15, 0.2) is 23.1 Å². The summed E-state index contributed by atoms with van der Waals surface area (Å²) in [5.41, 5.74) is 14.1. The van der Waals surface area contributed by atoms with Gasteiger partial charge in [0, 0.05) is 31.6 Å². The third-order valence-electron chi connectivity index (χ3n) is 24.4. The lowest BCUT2D eigenvalue weighted by Crippen LogP contribution is -2.43. The van der Waals surface area contributed by atoms with Gasteiger partial charge in [0.25, 0.3) is 0 Å². The topological polar surface area (TPSA) is 88.5 Å². The summed E-state index contributed by atoms with van der Waals surface area (Å²) in [6.07, 6.45) is 41.9. The summed E-state index contributed by atoms with van der Waals surface area (Å²) >= 11 is 0. The highest BCUT2D eigenvalue weighted by Crippen LogP contribution is 2.61. The molecule has 15 aliphatic carbocycles. The number of fused-ring (bicyclic) bond motifs is 11. The van der Waals surface area contributed by atoms with E-state index in [9.17, 15) is 24.3 Å². The first kappa shape index (κ1) is 72.9. The van der Waals surface area contributed by atoms with Gasteiger partial charge < -0.3 is 5.11 Å². The first-order valence-corrected chi connectivity index (χ1v) is 35.8. The van der Waals surface area contributed by atoms with Crippen molar-refractivity contribution >= 4 is 23.1 Å². The molecule has 0 aromatic carbocycles. The fourth-order valence-corrected chi connectivity index (χ4v) is 18.1. The van der Waals surface area contributed by atoms with Crippen LogP contribution in [-0.4, -0.2) is 28.2 Å². The third kappa shape index (κ3) is 18.6. The molecule has 88 heavy (non-hydrogen) atoms. The van der Waals surface area contributed by atoms with Gasteiger partial charge in [0.2, 0.25) is 0 Å². The van der Waals surface area contributed by atoms with Crippen molar-refractivity contribution in [3.63, 3.8) is 0 Å². The predicted molar refractivity (Wildman–Crippen MR) is 374 cm³/mol. The second kappa shape index (κ2) is 31.5. The molecule has 0 saturated heterocycles. The van der Waals surface area contributed by atoms with E-state index in [1.165, 1.54) is 151 Å². The van der Waals surface area contributed by atoms with Crippen LogP contribution in [0.15, 0.2) is 119 Å². The molecule has 15 aliphatic rings. The maximum atomic E-state index is 11.8. The molecule has 0 radical (unpaired) electrons. The van der Waals surface area contributed by atoms with E-state index in [2.05, 4.69) is 127 Å². The van der Waals surface area contributed by atoms with Gasteiger partial charge in [-0.1, -0.05) is 179 Å². The quantitative estimate of drug-likeness (QED) is 0.129. The second-order valence-electron chi connectivity index (χ2n) is 33.2. The highest BCUT2D eigenvalue weighted by molar-refractivity contribution is 6.22. The van der Waals surface area contributed by atoms with Gasteiger partial charge in [-0.25, -0.2) is 0 Å². The molecule has 11 atom stereocenters. The molecule has 0 amide bonds. The van der Waals surface area contributed by atoms with Gasteiger partial charge in [-0.05, 0) is 273 Å². The lowest BCUT2D eigenvalue weighted by molar-refractivity contribution is -0.128. The fourth-order valence-electron chi connectivity index (χ4n) is 18.1. The molecule has 15 rings (SSSR count). The van der Waals surface area contributed by atoms with Crippen LogP contribution >= 0.6 is 0 Å². The zero-order chi connectivity index (χ0) is 65.2. The van der Waals surface area contributed by atoms with Gasteiger partial charge in [0.05, 0.1) is 5.57 Å². The highest BCUT2D eigenvalue weighted by Gasteiger charge is 2.51. The van der Waals surface area contributed by atoms with Crippen molar-refractivity contribution in [1.29, 1.82) is 0 Å². The van der Waals surface area contributed by atoms with E-state index in [4.69, 9.17) is 0 Å². The Bertz CT molecular complexity index is 2640. The number of rotatable bonds is 2. The van der Waals surface area contributed by atoms with Crippen LogP contribution < -0.4 is 0 Å². The van der Waals surface area contributed by atoms with Crippen LogP contribution in [0.3, 0.4) is 0 Å². The molecule has 14 saturated carbocycles. The number of aliphatic hydroxyl groups is 1. The molecule has 5 nitrogen and oxygen atoms in total. The van der Waals surface area contributed by atoms with Crippen LogP contribution in [0.25, 0.3) is 0 Å². The third-order valence-corrected chi connectivity index (χ3v) is 24.4. The molecular weight excluding hydrogens is 1080 g/mol. The van der Waals surface area contributed by atoms with Crippen molar-refractivity contribution in [1.82, 2.24) is 0 Å². The van der Waals surface area contributed by atoms with Crippen molar-refractivity contribution in [3.8, 4) is 0 Å². The second-order valence-corrected chi connectivity index (χ2v) is 33.2. The molecule has 0 heterocycles. The summed E-state index contributed by atoms with van der Waals surface area (Å²) in [6, 6.07) is 0. The predicted octanol–water partition coefficient (Wildman–Crippen LogP) is 23.2. The Morgan fingerprint density at radius 2 is 1.16 bits per heavy atom. The molecule has 1 N–H and O–H groups in total. The average Bonchev–Trinajstić information content (AvgIpc) is 3.54. The van der Waals surface area contributed by atoms with E-state index >= 15 is 0 Å². The maximum Gasteiger partial charge on any atom is 0.170 e. The van der Waals surface area contributed by atoms with Gasteiger partial charge in [-0.2, -0.15) is 0 Å². The largest absolute Gasteiger partial charge is 0.511 e. The van der Waals surface area contributed by atoms with Crippen molar-refractivity contribution in [2.45, 2.75) is 283 Å². The Hall–Kier alpha value is -4.12. The lowest BCUT2D eigenvalue weighted by Gasteiger charge is -2.51. The van der Waals surface area contributed by atoms with Crippen molar-refractivity contribution in [2.24, 2.45) is 92.7 Å². The Morgan fingerprint density at radius 3 is 1.51 bits per heavy atom. The fraction of sp³-hybridized carbons (Fsp3) is 0.711. The summed E-state index contributed by atoms with van der Waals surface area (Å²) in [5.74, 6) is 9.58. The first-order chi connectivity index (χ1) is 41.2. The molecule has 0 aromatic heterocycles. The minimum atomic E-state index is -0.268. The number of hydrogen-bond acceptors (Lipinski definition) is 5. The van der Waals surface area contributed by atoms with Crippen LogP contribution in [0.2, 0.25) is 0 Å². The Labute approximate surface area is 539 Å². The minimum Gasteiger partial charge on any atom is -0.511 e. The molecule has 14 fully saturated rings. The van der Waals surface area contributed by atoms with Crippen molar-refractivity contribution < 1.29 is 24.3 Å². The van der Waals surface area contributed by atoms with Gasteiger partial charge >= 0.3 is 0 Å². The van der Waals surface area contributed by atoms with E-state index in [1.54, 1.807) is 16.7 Å². The molecule has 10 bridgehead atoms. The number of carbonyl (C=O) groups excluding carboxylic acids is 4.